The fraction of sp³-hybridized carbons (Fsp3) is 0.867. The van der Waals surface area contributed by atoms with Crippen LogP contribution in [0.2, 0.25) is 0 Å². The molecule has 5 nitrogen and oxygen atoms in total. The maximum atomic E-state index is 12.4. The molecule has 2 rings (SSSR count). The molecule has 2 saturated heterocycles. The largest absolute Gasteiger partial charge is 0.359 e. The molecule has 2 amide bonds. The molecule has 2 fully saturated rings. The van der Waals surface area contributed by atoms with Crippen LogP contribution in [-0.2, 0) is 9.59 Å². The van der Waals surface area contributed by atoms with Gasteiger partial charge in [-0.15, -0.1) is 0 Å². The van der Waals surface area contributed by atoms with Gasteiger partial charge in [-0.1, -0.05) is 6.92 Å². The average molecular weight is 281 g/mol. The van der Waals surface area contributed by atoms with Gasteiger partial charge in [0.1, 0.15) is 0 Å². The van der Waals surface area contributed by atoms with Crippen LogP contribution in [0.4, 0.5) is 0 Å². The number of piperidine rings is 1. The molecule has 0 aliphatic carbocycles. The number of nitrogens with zero attached hydrogens (tertiary/aromatic N) is 1. The molecule has 20 heavy (non-hydrogen) atoms. The smallest absolute Gasteiger partial charge is 0.227 e. The lowest BCUT2D eigenvalue weighted by molar-refractivity contribution is -0.133. The normalized spacial score (nSPS) is 34.0. The zero-order valence-corrected chi connectivity index (χ0v) is 12.9. The van der Waals surface area contributed by atoms with Crippen molar-refractivity contribution in [2.24, 2.45) is 11.3 Å². The van der Waals surface area contributed by atoms with Crippen LogP contribution in [0.25, 0.3) is 0 Å². The zero-order valence-electron chi connectivity index (χ0n) is 12.9. The van der Waals surface area contributed by atoms with Gasteiger partial charge in [-0.3, -0.25) is 9.59 Å². The molecule has 114 valence electrons. The minimum Gasteiger partial charge on any atom is -0.359 e. The molecule has 0 bridgehead atoms. The van der Waals surface area contributed by atoms with Crippen molar-refractivity contribution in [1.29, 1.82) is 0 Å². The fourth-order valence-corrected chi connectivity index (χ4v) is 3.37. The van der Waals surface area contributed by atoms with E-state index in [1.165, 1.54) is 12.8 Å². The summed E-state index contributed by atoms with van der Waals surface area (Å²) in [5.41, 5.74) is -0.421. The van der Waals surface area contributed by atoms with Gasteiger partial charge in [0.2, 0.25) is 11.8 Å². The second-order valence-corrected chi connectivity index (χ2v) is 6.59. The molecule has 0 saturated carbocycles. The first-order valence-corrected chi connectivity index (χ1v) is 7.69. The van der Waals surface area contributed by atoms with E-state index in [1.54, 1.807) is 7.05 Å². The van der Waals surface area contributed by atoms with Gasteiger partial charge >= 0.3 is 0 Å². The van der Waals surface area contributed by atoms with E-state index in [-0.39, 0.29) is 11.8 Å². The Balaban J connectivity index is 1.89. The number of amides is 2. The fourth-order valence-electron chi connectivity index (χ4n) is 3.37. The molecule has 2 aliphatic heterocycles. The molecule has 0 aromatic rings. The molecule has 2 heterocycles. The Labute approximate surface area is 121 Å². The molecule has 0 aromatic carbocycles. The Morgan fingerprint density at radius 2 is 2.20 bits per heavy atom. The molecule has 5 heteroatoms. The summed E-state index contributed by atoms with van der Waals surface area (Å²) < 4.78 is 0. The Kier molecular flexibility index (Phi) is 4.68. The van der Waals surface area contributed by atoms with E-state index >= 15 is 0 Å². The van der Waals surface area contributed by atoms with Gasteiger partial charge in [-0.25, -0.2) is 0 Å². The van der Waals surface area contributed by atoms with Crippen molar-refractivity contribution < 1.29 is 9.59 Å². The van der Waals surface area contributed by atoms with Crippen molar-refractivity contribution in [1.82, 2.24) is 15.5 Å². The summed E-state index contributed by atoms with van der Waals surface area (Å²) in [4.78, 5) is 26.2. The van der Waals surface area contributed by atoms with E-state index in [0.29, 0.717) is 31.5 Å². The summed E-state index contributed by atoms with van der Waals surface area (Å²) in [6, 6.07) is 0.295. The molecule has 0 aromatic heterocycles. The van der Waals surface area contributed by atoms with E-state index in [1.807, 2.05) is 11.8 Å². The van der Waals surface area contributed by atoms with Gasteiger partial charge in [0, 0.05) is 32.6 Å². The summed E-state index contributed by atoms with van der Waals surface area (Å²) in [6.07, 6.45) is 3.71. The highest BCUT2D eigenvalue weighted by Crippen LogP contribution is 2.31. The van der Waals surface area contributed by atoms with E-state index in [9.17, 15) is 9.59 Å². The van der Waals surface area contributed by atoms with Crippen LogP contribution in [-0.4, -0.2) is 49.4 Å². The standard InChI is InChI=1S/C15H27N3O2/c1-11-5-4-7-17-12(11)9-13(19)18-8-6-15(2,10-18)14(20)16-3/h11-12,17H,4-10H2,1-3H3,(H,16,20). The summed E-state index contributed by atoms with van der Waals surface area (Å²) in [5, 5.41) is 6.16. The van der Waals surface area contributed by atoms with Gasteiger partial charge in [0.25, 0.3) is 0 Å². The van der Waals surface area contributed by atoms with Gasteiger partial charge in [-0.05, 0) is 38.6 Å². The maximum absolute atomic E-state index is 12.4. The first-order chi connectivity index (χ1) is 9.46. The molecular weight excluding hydrogens is 254 g/mol. The average Bonchev–Trinajstić information content (AvgIpc) is 2.84. The lowest BCUT2D eigenvalue weighted by atomic mass is 9.88. The Morgan fingerprint density at radius 3 is 2.85 bits per heavy atom. The van der Waals surface area contributed by atoms with Gasteiger partial charge in [0.15, 0.2) is 0 Å². The Morgan fingerprint density at radius 1 is 1.45 bits per heavy atom. The third kappa shape index (κ3) is 3.14. The van der Waals surface area contributed by atoms with Crippen molar-refractivity contribution >= 4 is 11.8 Å². The summed E-state index contributed by atoms with van der Waals surface area (Å²) in [7, 11) is 1.66. The molecule has 2 aliphatic rings. The van der Waals surface area contributed by atoms with Crippen LogP contribution in [0.15, 0.2) is 0 Å². The van der Waals surface area contributed by atoms with Crippen molar-refractivity contribution in [2.45, 2.75) is 45.6 Å². The van der Waals surface area contributed by atoms with Crippen molar-refractivity contribution in [2.75, 3.05) is 26.7 Å². The number of rotatable bonds is 3. The lowest BCUT2D eigenvalue weighted by Gasteiger charge is -2.31. The molecule has 0 radical (unpaired) electrons. The van der Waals surface area contributed by atoms with Crippen LogP contribution in [0.5, 0.6) is 0 Å². The number of hydrogen-bond acceptors (Lipinski definition) is 3. The first-order valence-electron chi connectivity index (χ1n) is 7.69. The van der Waals surface area contributed by atoms with Gasteiger partial charge < -0.3 is 15.5 Å². The first kappa shape index (κ1) is 15.3. The number of carbonyl (C=O) groups is 2. The summed E-state index contributed by atoms with van der Waals surface area (Å²) in [5.74, 6) is 0.779. The molecular formula is C15H27N3O2. The van der Waals surface area contributed by atoms with Crippen LogP contribution < -0.4 is 10.6 Å². The predicted molar refractivity (Wildman–Crippen MR) is 78.2 cm³/mol. The van der Waals surface area contributed by atoms with E-state index in [2.05, 4.69) is 17.6 Å². The summed E-state index contributed by atoms with van der Waals surface area (Å²) in [6.45, 7) is 6.41. The third-order valence-corrected chi connectivity index (χ3v) is 4.93. The van der Waals surface area contributed by atoms with E-state index < -0.39 is 5.41 Å². The Hall–Kier alpha value is -1.10. The summed E-state index contributed by atoms with van der Waals surface area (Å²) >= 11 is 0. The minimum atomic E-state index is -0.421. The monoisotopic (exact) mass is 281 g/mol. The highest BCUT2D eigenvalue weighted by molar-refractivity contribution is 5.85. The van der Waals surface area contributed by atoms with Crippen molar-refractivity contribution in [3.8, 4) is 0 Å². The quantitative estimate of drug-likeness (QED) is 0.802. The van der Waals surface area contributed by atoms with Crippen LogP contribution in [0.1, 0.15) is 39.5 Å². The van der Waals surface area contributed by atoms with Crippen molar-refractivity contribution in [3.63, 3.8) is 0 Å². The highest BCUT2D eigenvalue weighted by Gasteiger charge is 2.41. The molecule has 0 spiro atoms. The third-order valence-electron chi connectivity index (χ3n) is 4.93. The maximum Gasteiger partial charge on any atom is 0.227 e. The van der Waals surface area contributed by atoms with Crippen LogP contribution in [0, 0.1) is 11.3 Å². The lowest BCUT2D eigenvalue weighted by Crippen LogP contribution is -2.45. The minimum absolute atomic E-state index is 0.0389. The Bertz CT molecular complexity index is 385. The number of likely N-dealkylation sites (tertiary alicyclic amines) is 1. The topological polar surface area (TPSA) is 61.4 Å². The van der Waals surface area contributed by atoms with Crippen molar-refractivity contribution in [3.05, 3.63) is 0 Å². The van der Waals surface area contributed by atoms with Gasteiger partial charge in [-0.2, -0.15) is 0 Å². The van der Waals surface area contributed by atoms with Crippen LogP contribution in [0.3, 0.4) is 0 Å². The molecule has 3 atom stereocenters. The molecule has 3 unspecified atom stereocenters. The second kappa shape index (κ2) is 6.12. The number of hydrogen-bond donors (Lipinski definition) is 2. The van der Waals surface area contributed by atoms with E-state index in [4.69, 9.17) is 0 Å². The van der Waals surface area contributed by atoms with E-state index in [0.717, 1.165) is 13.0 Å². The molecule has 2 N–H and O–H groups in total. The SMILES string of the molecule is CNC(=O)C1(C)CCN(C(=O)CC2NCCCC2C)C1. The predicted octanol–water partition coefficient (Wildman–Crippen LogP) is 0.749. The zero-order chi connectivity index (χ0) is 14.8. The van der Waals surface area contributed by atoms with Crippen LogP contribution >= 0.6 is 0 Å². The number of nitrogens with one attached hydrogen (secondary N) is 2. The number of carbonyl (C=O) groups excluding carboxylic acids is 2. The second-order valence-electron chi connectivity index (χ2n) is 6.59. The highest BCUT2D eigenvalue weighted by atomic mass is 16.2. The van der Waals surface area contributed by atoms with Gasteiger partial charge in [0.05, 0.1) is 5.41 Å².